The lowest BCUT2D eigenvalue weighted by Crippen LogP contribution is -2.54. The summed E-state index contributed by atoms with van der Waals surface area (Å²) < 4.78 is 4.64. The monoisotopic (exact) mass is 172 g/mol. The molecule has 1 fully saturated rings. The summed E-state index contributed by atoms with van der Waals surface area (Å²) in [5.41, 5.74) is -1.60. The molecule has 1 aliphatic rings. The summed E-state index contributed by atoms with van der Waals surface area (Å²) >= 11 is 0. The Balaban J connectivity index is 2.76. The second-order valence-electron chi connectivity index (χ2n) is 4.00. The van der Waals surface area contributed by atoms with Crippen LogP contribution in [0.4, 0.5) is 0 Å². The smallest absolute Gasteiger partial charge is 0.314 e. The summed E-state index contributed by atoms with van der Waals surface area (Å²) in [7, 11) is 1.35. The topological polar surface area (TPSA) is 46.5 Å². The van der Waals surface area contributed by atoms with Crippen LogP contribution in [0.25, 0.3) is 0 Å². The molecular weight excluding hydrogens is 156 g/mol. The third-order valence-corrected chi connectivity index (χ3v) is 3.04. The van der Waals surface area contributed by atoms with Crippen molar-refractivity contribution in [3.63, 3.8) is 0 Å². The van der Waals surface area contributed by atoms with E-state index in [-0.39, 0.29) is 5.97 Å². The SMILES string of the molecule is COC(=O)C(C)(C)C1(O)CCC1. The van der Waals surface area contributed by atoms with Gasteiger partial charge in [-0.05, 0) is 33.1 Å². The summed E-state index contributed by atoms with van der Waals surface area (Å²) in [6.07, 6.45) is 2.40. The van der Waals surface area contributed by atoms with E-state index in [1.165, 1.54) is 7.11 Å². The van der Waals surface area contributed by atoms with Crippen LogP contribution in [0, 0.1) is 5.41 Å². The van der Waals surface area contributed by atoms with Gasteiger partial charge in [-0.2, -0.15) is 0 Å². The zero-order valence-corrected chi connectivity index (χ0v) is 7.89. The van der Waals surface area contributed by atoms with E-state index in [4.69, 9.17) is 0 Å². The van der Waals surface area contributed by atoms with E-state index in [0.717, 1.165) is 6.42 Å². The zero-order chi connectivity index (χ0) is 9.41. The number of hydrogen-bond acceptors (Lipinski definition) is 3. The average Bonchev–Trinajstić information content (AvgIpc) is 1.98. The lowest BCUT2D eigenvalue weighted by atomic mass is 9.63. The molecule has 12 heavy (non-hydrogen) atoms. The van der Waals surface area contributed by atoms with E-state index >= 15 is 0 Å². The first kappa shape index (κ1) is 9.52. The molecule has 0 radical (unpaired) electrons. The Morgan fingerprint density at radius 3 is 2.25 bits per heavy atom. The highest BCUT2D eigenvalue weighted by molar-refractivity contribution is 5.77. The minimum absolute atomic E-state index is 0.329. The summed E-state index contributed by atoms with van der Waals surface area (Å²) in [6.45, 7) is 3.47. The van der Waals surface area contributed by atoms with Crippen LogP contribution >= 0.6 is 0 Å². The van der Waals surface area contributed by atoms with E-state index in [0.29, 0.717) is 12.8 Å². The van der Waals surface area contributed by atoms with Crippen LogP contribution in [-0.4, -0.2) is 23.8 Å². The molecule has 3 heteroatoms. The van der Waals surface area contributed by atoms with Gasteiger partial charge < -0.3 is 9.84 Å². The van der Waals surface area contributed by atoms with E-state index in [9.17, 15) is 9.90 Å². The lowest BCUT2D eigenvalue weighted by molar-refractivity contribution is -0.180. The first-order valence-corrected chi connectivity index (χ1v) is 4.25. The fourth-order valence-corrected chi connectivity index (χ4v) is 1.58. The van der Waals surface area contributed by atoms with Crippen molar-refractivity contribution in [2.45, 2.75) is 38.7 Å². The van der Waals surface area contributed by atoms with Gasteiger partial charge in [-0.1, -0.05) is 0 Å². The number of carbonyl (C=O) groups excluding carboxylic acids is 1. The molecule has 0 atom stereocenters. The van der Waals surface area contributed by atoms with E-state index in [1.54, 1.807) is 13.8 Å². The van der Waals surface area contributed by atoms with Gasteiger partial charge in [0.1, 0.15) is 0 Å². The van der Waals surface area contributed by atoms with Crippen molar-refractivity contribution in [1.29, 1.82) is 0 Å². The highest BCUT2D eigenvalue weighted by atomic mass is 16.5. The molecule has 0 aromatic heterocycles. The van der Waals surface area contributed by atoms with E-state index in [1.807, 2.05) is 0 Å². The van der Waals surface area contributed by atoms with Gasteiger partial charge in [0.2, 0.25) is 0 Å². The fraction of sp³-hybridized carbons (Fsp3) is 0.889. The molecule has 0 spiro atoms. The third kappa shape index (κ3) is 1.12. The van der Waals surface area contributed by atoms with Gasteiger partial charge in [0.05, 0.1) is 18.1 Å². The quantitative estimate of drug-likeness (QED) is 0.634. The molecule has 70 valence electrons. The van der Waals surface area contributed by atoms with Crippen LogP contribution in [0.1, 0.15) is 33.1 Å². The Morgan fingerprint density at radius 1 is 1.50 bits per heavy atom. The highest BCUT2D eigenvalue weighted by Crippen LogP contribution is 2.46. The predicted molar refractivity (Wildman–Crippen MR) is 44.6 cm³/mol. The summed E-state index contributed by atoms with van der Waals surface area (Å²) in [5.74, 6) is -0.329. The van der Waals surface area contributed by atoms with Crippen molar-refractivity contribution in [3.8, 4) is 0 Å². The first-order valence-electron chi connectivity index (χ1n) is 4.25. The molecule has 1 aliphatic carbocycles. The van der Waals surface area contributed by atoms with Crippen molar-refractivity contribution in [2.24, 2.45) is 5.41 Å². The minimum atomic E-state index is -0.833. The molecule has 0 heterocycles. The maximum Gasteiger partial charge on any atom is 0.314 e. The standard InChI is InChI=1S/C9H16O3/c1-8(2,7(10)12-3)9(11)5-4-6-9/h11H,4-6H2,1-3H3. The van der Waals surface area contributed by atoms with Crippen molar-refractivity contribution < 1.29 is 14.6 Å². The van der Waals surface area contributed by atoms with Gasteiger partial charge in [0, 0.05) is 0 Å². The molecule has 1 saturated carbocycles. The zero-order valence-electron chi connectivity index (χ0n) is 7.89. The highest BCUT2D eigenvalue weighted by Gasteiger charge is 2.53. The molecular formula is C9H16O3. The molecule has 0 aromatic rings. The van der Waals surface area contributed by atoms with Crippen LogP contribution in [0.2, 0.25) is 0 Å². The molecule has 3 nitrogen and oxygen atoms in total. The number of aliphatic hydroxyl groups is 1. The molecule has 0 saturated heterocycles. The van der Waals surface area contributed by atoms with Gasteiger partial charge in [-0.3, -0.25) is 4.79 Å². The number of ether oxygens (including phenoxy) is 1. The fourth-order valence-electron chi connectivity index (χ4n) is 1.58. The average molecular weight is 172 g/mol. The van der Waals surface area contributed by atoms with Crippen LogP contribution < -0.4 is 0 Å². The Kier molecular flexibility index (Phi) is 2.17. The maximum absolute atomic E-state index is 11.3. The van der Waals surface area contributed by atoms with Gasteiger partial charge in [0.25, 0.3) is 0 Å². The van der Waals surface area contributed by atoms with Crippen molar-refractivity contribution in [2.75, 3.05) is 7.11 Å². The normalized spacial score (nSPS) is 21.3. The van der Waals surface area contributed by atoms with Crippen molar-refractivity contribution >= 4 is 5.97 Å². The lowest BCUT2D eigenvalue weighted by Gasteiger charge is -2.46. The summed E-state index contributed by atoms with van der Waals surface area (Å²) in [6, 6.07) is 0. The molecule has 0 aliphatic heterocycles. The summed E-state index contributed by atoms with van der Waals surface area (Å²) in [4.78, 5) is 11.3. The van der Waals surface area contributed by atoms with Crippen LogP contribution in [0.15, 0.2) is 0 Å². The third-order valence-electron chi connectivity index (χ3n) is 3.04. The van der Waals surface area contributed by atoms with Crippen LogP contribution in [0.3, 0.4) is 0 Å². The number of carbonyl (C=O) groups is 1. The number of hydrogen-bond donors (Lipinski definition) is 1. The Morgan fingerprint density at radius 2 is 2.00 bits per heavy atom. The molecule has 0 unspecified atom stereocenters. The van der Waals surface area contributed by atoms with Crippen LogP contribution in [0.5, 0.6) is 0 Å². The molecule has 1 rings (SSSR count). The van der Waals surface area contributed by atoms with Gasteiger partial charge in [-0.15, -0.1) is 0 Å². The predicted octanol–water partition coefficient (Wildman–Crippen LogP) is 1.10. The van der Waals surface area contributed by atoms with E-state index in [2.05, 4.69) is 4.74 Å². The van der Waals surface area contributed by atoms with Gasteiger partial charge >= 0.3 is 5.97 Å². The second kappa shape index (κ2) is 2.73. The summed E-state index contributed by atoms with van der Waals surface area (Å²) in [5, 5.41) is 9.94. The van der Waals surface area contributed by atoms with Crippen LogP contribution in [-0.2, 0) is 9.53 Å². The van der Waals surface area contributed by atoms with E-state index < -0.39 is 11.0 Å². The minimum Gasteiger partial charge on any atom is -0.469 e. The molecule has 0 bridgehead atoms. The largest absolute Gasteiger partial charge is 0.469 e. The van der Waals surface area contributed by atoms with Crippen molar-refractivity contribution in [1.82, 2.24) is 0 Å². The first-order chi connectivity index (χ1) is 5.44. The molecule has 0 aromatic carbocycles. The Bertz CT molecular complexity index is 192. The van der Waals surface area contributed by atoms with Crippen molar-refractivity contribution in [3.05, 3.63) is 0 Å². The van der Waals surface area contributed by atoms with Gasteiger partial charge in [0.15, 0.2) is 0 Å². The molecule has 1 N–H and O–H groups in total. The van der Waals surface area contributed by atoms with Gasteiger partial charge in [-0.25, -0.2) is 0 Å². The number of methoxy groups -OCH3 is 1. The number of esters is 1. The Labute approximate surface area is 72.7 Å². The second-order valence-corrected chi connectivity index (χ2v) is 4.00. The number of rotatable bonds is 2. The molecule has 0 amide bonds. The Hall–Kier alpha value is -0.570. The maximum atomic E-state index is 11.3.